The van der Waals surface area contributed by atoms with Crippen molar-refractivity contribution in [2.24, 2.45) is 0 Å². The Hall–Kier alpha value is -1.81. The van der Waals surface area contributed by atoms with E-state index < -0.39 is 0 Å². The number of imidazole rings is 1. The first-order valence-corrected chi connectivity index (χ1v) is 5.68. The molecule has 0 radical (unpaired) electrons. The molecule has 1 heterocycles. The molecule has 1 N–H and O–H groups in total. The van der Waals surface area contributed by atoms with Gasteiger partial charge in [0.05, 0.1) is 31.4 Å². The summed E-state index contributed by atoms with van der Waals surface area (Å²) in [6.45, 7) is 1.50. The summed E-state index contributed by atoms with van der Waals surface area (Å²) < 4.78 is 7.52. The third-order valence-corrected chi connectivity index (χ3v) is 2.52. The van der Waals surface area contributed by atoms with E-state index in [1.165, 1.54) is 0 Å². The molecule has 0 amide bonds. The van der Waals surface area contributed by atoms with Crippen LogP contribution in [0.15, 0.2) is 42.9 Å². The minimum Gasteiger partial charge on any atom is -0.494 e. The second kappa shape index (κ2) is 6.06. The number of nitrogens with zero attached hydrogens (tertiary/aromatic N) is 2. The standard InChI is InChI=1S/C13H16N2O2/c16-10-12-9-14-11-15(12)7-4-8-17-13-5-2-1-3-6-13/h1-3,5-6,9,11,16H,4,7-8,10H2. The van der Waals surface area contributed by atoms with Crippen LogP contribution in [0.2, 0.25) is 0 Å². The van der Waals surface area contributed by atoms with Gasteiger partial charge in [-0.25, -0.2) is 4.98 Å². The van der Waals surface area contributed by atoms with Crippen LogP contribution in [-0.4, -0.2) is 21.3 Å². The molecule has 2 rings (SSSR count). The van der Waals surface area contributed by atoms with Gasteiger partial charge in [-0.05, 0) is 18.6 Å². The van der Waals surface area contributed by atoms with Crippen molar-refractivity contribution in [1.29, 1.82) is 0 Å². The van der Waals surface area contributed by atoms with Crippen LogP contribution < -0.4 is 4.74 Å². The quantitative estimate of drug-likeness (QED) is 0.773. The first-order valence-electron chi connectivity index (χ1n) is 5.68. The van der Waals surface area contributed by atoms with E-state index in [1.54, 1.807) is 12.5 Å². The highest BCUT2D eigenvalue weighted by Gasteiger charge is 1.99. The van der Waals surface area contributed by atoms with E-state index in [2.05, 4.69) is 4.98 Å². The van der Waals surface area contributed by atoms with Crippen molar-refractivity contribution in [3.8, 4) is 5.75 Å². The number of aromatic nitrogens is 2. The molecule has 1 aromatic heterocycles. The van der Waals surface area contributed by atoms with E-state index in [0.29, 0.717) is 6.61 Å². The maximum absolute atomic E-state index is 9.05. The van der Waals surface area contributed by atoms with E-state index in [0.717, 1.165) is 24.4 Å². The normalized spacial score (nSPS) is 10.4. The van der Waals surface area contributed by atoms with Crippen molar-refractivity contribution in [3.63, 3.8) is 0 Å². The molecule has 0 saturated carbocycles. The molecule has 1 aromatic carbocycles. The molecule has 0 unspecified atom stereocenters. The summed E-state index contributed by atoms with van der Waals surface area (Å²) in [4.78, 5) is 3.99. The number of aryl methyl sites for hydroxylation is 1. The lowest BCUT2D eigenvalue weighted by atomic mass is 10.3. The molecule has 4 heteroatoms. The van der Waals surface area contributed by atoms with Crippen LogP contribution in [0.5, 0.6) is 5.75 Å². The second-order valence-electron chi connectivity index (χ2n) is 3.75. The minimum absolute atomic E-state index is 0.0273. The molecular formula is C13H16N2O2. The number of aliphatic hydroxyl groups is 1. The van der Waals surface area contributed by atoms with Gasteiger partial charge in [-0.3, -0.25) is 0 Å². The van der Waals surface area contributed by atoms with E-state index in [1.807, 2.05) is 34.9 Å². The Morgan fingerprint density at radius 2 is 2.06 bits per heavy atom. The summed E-state index contributed by atoms with van der Waals surface area (Å²) in [6.07, 6.45) is 4.30. The van der Waals surface area contributed by atoms with Crippen molar-refractivity contribution < 1.29 is 9.84 Å². The van der Waals surface area contributed by atoms with Crippen LogP contribution in [0.3, 0.4) is 0 Å². The lowest BCUT2D eigenvalue weighted by molar-refractivity contribution is 0.265. The first-order chi connectivity index (χ1) is 8.40. The SMILES string of the molecule is OCc1cncn1CCCOc1ccccc1. The predicted octanol–water partition coefficient (Wildman–Crippen LogP) is 1.84. The van der Waals surface area contributed by atoms with Crippen LogP contribution in [0.4, 0.5) is 0 Å². The molecular weight excluding hydrogens is 216 g/mol. The fraction of sp³-hybridized carbons (Fsp3) is 0.308. The number of para-hydroxylation sites is 1. The fourth-order valence-corrected chi connectivity index (χ4v) is 1.62. The molecule has 0 aliphatic rings. The smallest absolute Gasteiger partial charge is 0.119 e. The molecule has 0 aliphatic carbocycles. The van der Waals surface area contributed by atoms with Gasteiger partial charge >= 0.3 is 0 Å². The Kier molecular flexibility index (Phi) is 4.16. The van der Waals surface area contributed by atoms with Gasteiger partial charge in [-0.15, -0.1) is 0 Å². The van der Waals surface area contributed by atoms with Crippen LogP contribution in [-0.2, 0) is 13.2 Å². The number of hydrogen-bond acceptors (Lipinski definition) is 3. The fourth-order valence-electron chi connectivity index (χ4n) is 1.62. The molecule has 2 aromatic rings. The van der Waals surface area contributed by atoms with Crippen molar-refractivity contribution in [2.75, 3.05) is 6.61 Å². The average molecular weight is 232 g/mol. The Balaban J connectivity index is 1.73. The molecule has 4 nitrogen and oxygen atoms in total. The summed E-state index contributed by atoms with van der Waals surface area (Å²) in [6, 6.07) is 9.75. The Bertz CT molecular complexity index is 440. The van der Waals surface area contributed by atoms with E-state index >= 15 is 0 Å². The third-order valence-electron chi connectivity index (χ3n) is 2.52. The van der Waals surface area contributed by atoms with Gasteiger partial charge in [-0.1, -0.05) is 18.2 Å². The van der Waals surface area contributed by atoms with Crippen molar-refractivity contribution in [1.82, 2.24) is 9.55 Å². The van der Waals surface area contributed by atoms with E-state index in [-0.39, 0.29) is 6.61 Å². The number of ether oxygens (including phenoxy) is 1. The van der Waals surface area contributed by atoms with Crippen LogP contribution in [0.1, 0.15) is 12.1 Å². The number of aliphatic hydroxyl groups excluding tert-OH is 1. The summed E-state index contributed by atoms with van der Waals surface area (Å²) in [5.41, 5.74) is 0.838. The summed E-state index contributed by atoms with van der Waals surface area (Å²) in [5.74, 6) is 0.889. The van der Waals surface area contributed by atoms with Gasteiger partial charge < -0.3 is 14.4 Å². The second-order valence-corrected chi connectivity index (χ2v) is 3.75. The highest BCUT2D eigenvalue weighted by atomic mass is 16.5. The number of benzene rings is 1. The van der Waals surface area contributed by atoms with Gasteiger partial charge in [0.25, 0.3) is 0 Å². The largest absolute Gasteiger partial charge is 0.494 e. The lowest BCUT2D eigenvalue weighted by Gasteiger charge is -2.08. The molecule has 0 saturated heterocycles. The van der Waals surface area contributed by atoms with Gasteiger partial charge in [0, 0.05) is 6.54 Å². The highest BCUT2D eigenvalue weighted by molar-refractivity contribution is 5.20. The number of rotatable bonds is 6. The summed E-state index contributed by atoms with van der Waals surface area (Å²) >= 11 is 0. The van der Waals surface area contributed by atoms with E-state index in [9.17, 15) is 0 Å². The van der Waals surface area contributed by atoms with Gasteiger partial charge in [-0.2, -0.15) is 0 Å². The molecule has 90 valence electrons. The summed E-state index contributed by atoms with van der Waals surface area (Å²) in [7, 11) is 0. The maximum atomic E-state index is 9.05. The maximum Gasteiger partial charge on any atom is 0.119 e. The Morgan fingerprint density at radius 1 is 1.24 bits per heavy atom. The van der Waals surface area contributed by atoms with Crippen LogP contribution >= 0.6 is 0 Å². The molecule has 0 atom stereocenters. The minimum atomic E-state index is 0.0273. The first kappa shape index (κ1) is 11.7. The highest BCUT2D eigenvalue weighted by Crippen LogP contribution is 2.09. The summed E-state index contributed by atoms with van der Waals surface area (Å²) in [5, 5.41) is 9.05. The molecule has 0 spiro atoms. The molecule has 0 bridgehead atoms. The number of hydrogen-bond donors (Lipinski definition) is 1. The molecule has 17 heavy (non-hydrogen) atoms. The molecule has 0 aliphatic heterocycles. The van der Waals surface area contributed by atoms with Gasteiger partial charge in [0.2, 0.25) is 0 Å². The van der Waals surface area contributed by atoms with Crippen molar-refractivity contribution in [2.45, 2.75) is 19.6 Å². The average Bonchev–Trinajstić information content (AvgIpc) is 2.83. The zero-order valence-corrected chi connectivity index (χ0v) is 9.62. The molecule has 0 fully saturated rings. The zero-order valence-electron chi connectivity index (χ0n) is 9.62. The van der Waals surface area contributed by atoms with Crippen LogP contribution in [0, 0.1) is 0 Å². The third kappa shape index (κ3) is 3.32. The topological polar surface area (TPSA) is 47.3 Å². The van der Waals surface area contributed by atoms with Gasteiger partial charge in [0.1, 0.15) is 5.75 Å². The lowest BCUT2D eigenvalue weighted by Crippen LogP contribution is -2.06. The Morgan fingerprint density at radius 3 is 2.82 bits per heavy atom. The van der Waals surface area contributed by atoms with Crippen molar-refractivity contribution in [3.05, 3.63) is 48.5 Å². The monoisotopic (exact) mass is 232 g/mol. The van der Waals surface area contributed by atoms with Gasteiger partial charge in [0.15, 0.2) is 0 Å². The zero-order chi connectivity index (χ0) is 11.9. The van der Waals surface area contributed by atoms with Crippen molar-refractivity contribution >= 4 is 0 Å². The van der Waals surface area contributed by atoms with Crippen LogP contribution in [0.25, 0.3) is 0 Å². The predicted molar refractivity (Wildman–Crippen MR) is 64.7 cm³/mol. The van der Waals surface area contributed by atoms with E-state index in [4.69, 9.17) is 9.84 Å². The Labute approximate surface area is 100 Å².